The number of rotatable bonds is 2. The molecule has 4 aliphatic rings. The Balaban J connectivity index is 1.59. The fourth-order valence-electron chi connectivity index (χ4n) is 6.97. The molecule has 4 saturated carbocycles. The molecule has 108 valence electrons. The normalized spacial score (nSPS) is 39.8. The second-order valence-corrected chi connectivity index (χ2v) is 8.17. The summed E-state index contributed by atoms with van der Waals surface area (Å²) in [6.45, 7) is 0. The third-order valence-electron chi connectivity index (χ3n) is 7.57. The van der Waals surface area contributed by atoms with E-state index in [2.05, 4.69) is 0 Å². The van der Waals surface area contributed by atoms with E-state index in [0.29, 0.717) is 0 Å². The minimum Gasteiger partial charge on any atom is -0.0533 e. The third kappa shape index (κ3) is 1.92. The van der Waals surface area contributed by atoms with E-state index in [1.54, 1.807) is 77.0 Å². The van der Waals surface area contributed by atoms with Crippen LogP contribution in [0.25, 0.3) is 0 Å². The second kappa shape index (κ2) is 5.08. The Morgan fingerprint density at radius 2 is 0.789 bits per heavy atom. The van der Waals surface area contributed by atoms with E-state index in [1.165, 1.54) is 24.7 Å². The zero-order chi connectivity index (χ0) is 12.7. The fourth-order valence-corrected chi connectivity index (χ4v) is 6.97. The van der Waals surface area contributed by atoms with Crippen LogP contribution in [0.4, 0.5) is 0 Å². The molecule has 0 amide bonds. The molecule has 0 aromatic heterocycles. The summed E-state index contributed by atoms with van der Waals surface area (Å²) in [7, 11) is 0. The first kappa shape index (κ1) is 12.7. The van der Waals surface area contributed by atoms with Crippen LogP contribution in [0.1, 0.15) is 89.9 Å². The summed E-state index contributed by atoms with van der Waals surface area (Å²) in [6, 6.07) is 0. The van der Waals surface area contributed by atoms with E-state index in [1.807, 2.05) is 0 Å². The highest BCUT2D eigenvalue weighted by Crippen LogP contribution is 2.75. The van der Waals surface area contributed by atoms with Crippen LogP contribution in [0.5, 0.6) is 0 Å². The molecule has 0 N–H and O–H groups in total. The van der Waals surface area contributed by atoms with Crippen molar-refractivity contribution in [2.24, 2.45) is 29.1 Å². The van der Waals surface area contributed by atoms with Gasteiger partial charge in [0.2, 0.25) is 0 Å². The van der Waals surface area contributed by atoms with Crippen LogP contribution in [-0.4, -0.2) is 0 Å². The lowest BCUT2D eigenvalue weighted by Gasteiger charge is -2.40. The van der Waals surface area contributed by atoms with Crippen LogP contribution in [0.15, 0.2) is 0 Å². The first-order chi connectivity index (χ1) is 9.44. The summed E-state index contributed by atoms with van der Waals surface area (Å²) in [5.41, 5.74) is 0.886. The van der Waals surface area contributed by atoms with Gasteiger partial charge in [-0.05, 0) is 67.6 Å². The Kier molecular flexibility index (Phi) is 3.40. The van der Waals surface area contributed by atoms with Crippen molar-refractivity contribution in [2.75, 3.05) is 0 Å². The monoisotopic (exact) mass is 260 g/mol. The number of hydrogen-bond donors (Lipinski definition) is 0. The fraction of sp³-hybridized carbons (Fsp3) is 1.00. The minimum absolute atomic E-state index is 0.886. The zero-order valence-electron chi connectivity index (χ0n) is 12.7. The van der Waals surface area contributed by atoms with E-state index < -0.39 is 0 Å². The largest absolute Gasteiger partial charge is 0.0533 e. The Morgan fingerprint density at radius 3 is 1.21 bits per heavy atom. The lowest BCUT2D eigenvalue weighted by molar-refractivity contribution is 0.0933. The van der Waals surface area contributed by atoms with Crippen molar-refractivity contribution in [3.8, 4) is 0 Å². The molecule has 2 unspecified atom stereocenters. The van der Waals surface area contributed by atoms with Crippen molar-refractivity contribution in [2.45, 2.75) is 89.9 Å². The van der Waals surface area contributed by atoms with Crippen LogP contribution < -0.4 is 0 Å². The van der Waals surface area contributed by atoms with Crippen LogP contribution in [0.2, 0.25) is 0 Å². The first-order valence-electron chi connectivity index (χ1n) is 9.44. The van der Waals surface area contributed by atoms with Crippen LogP contribution >= 0.6 is 0 Å². The average molecular weight is 260 g/mol. The van der Waals surface area contributed by atoms with Crippen LogP contribution in [0.3, 0.4) is 0 Å². The highest BCUT2D eigenvalue weighted by molar-refractivity contribution is 5.17. The van der Waals surface area contributed by atoms with Crippen molar-refractivity contribution in [3.63, 3.8) is 0 Å². The SMILES string of the molecule is C1CCC(C2(C3CCCCC3)C3CCCCC32)CC1. The molecule has 0 aromatic rings. The number of hydrogen-bond acceptors (Lipinski definition) is 0. The zero-order valence-corrected chi connectivity index (χ0v) is 12.7. The summed E-state index contributed by atoms with van der Waals surface area (Å²) >= 11 is 0. The molecule has 19 heavy (non-hydrogen) atoms. The quantitative estimate of drug-likeness (QED) is 0.575. The van der Waals surface area contributed by atoms with Gasteiger partial charge in [-0.15, -0.1) is 0 Å². The van der Waals surface area contributed by atoms with Crippen molar-refractivity contribution in [1.29, 1.82) is 0 Å². The van der Waals surface area contributed by atoms with Gasteiger partial charge < -0.3 is 0 Å². The van der Waals surface area contributed by atoms with Gasteiger partial charge in [0.1, 0.15) is 0 Å². The van der Waals surface area contributed by atoms with Crippen molar-refractivity contribution >= 4 is 0 Å². The molecule has 4 aliphatic carbocycles. The van der Waals surface area contributed by atoms with Gasteiger partial charge in [0.25, 0.3) is 0 Å². The molecular formula is C19H32. The summed E-state index contributed by atoms with van der Waals surface area (Å²) in [6.07, 6.45) is 22.0. The van der Waals surface area contributed by atoms with Gasteiger partial charge in [-0.3, -0.25) is 0 Å². The summed E-state index contributed by atoms with van der Waals surface area (Å²) in [4.78, 5) is 0. The average Bonchev–Trinajstić information content (AvgIpc) is 3.19. The van der Waals surface area contributed by atoms with Gasteiger partial charge in [0, 0.05) is 0 Å². The van der Waals surface area contributed by atoms with Gasteiger partial charge >= 0.3 is 0 Å². The Bertz CT molecular complexity index is 274. The molecule has 0 saturated heterocycles. The molecule has 4 fully saturated rings. The van der Waals surface area contributed by atoms with E-state index in [9.17, 15) is 0 Å². The maximum atomic E-state index is 1.61. The van der Waals surface area contributed by atoms with Crippen molar-refractivity contribution in [3.05, 3.63) is 0 Å². The lowest BCUT2D eigenvalue weighted by Crippen LogP contribution is -2.32. The topological polar surface area (TPSA) is 0 Å². The minimum atomic E-state index is 0.886. The van der Waals surface area contributed by atoms with Gasteiger partial charge in [0.15, 0.2) is 0 Å². The Hall–Kier alpha value is 0. The van der Waals surface area contributed by atoms with Gasteiger partial charge in [-0.2, -0.15) is 0 Å². The van der Waals surface area contributed by atoms with E-state index >= 15 is 0 Å². The smallest absolute Gasteiger partial charge is 0.0179 e. The van der Waals surface area contributed by atoms with E-state index in [-0.39, 0.29) is 0 Å². The van der Waals surface area contributed by atoms with Gasteiger partial charge in [0.05, 0.1) is 0 Å². The highest BCUT2D eigenvalue weighted by atomic mass is 14.7. The standard InChI is InChI=1S/C19H32/c1-3-9-15(10-4-1)19(16-11-5-2-6-12-16)17-13-7-8-14-18(17)19/h15-18H,1-14H2. The maximum Gasteiger partial charge on any atom is -0.0179 e. The van der Waals surface area contributed by atoms with Gasteiger partial charge in [-0.1, -0.05) is 51.4 Å². The number of fused-ring (bicyclic) bond motifs is 1. The maximum absolute atomic E-state index is 1.61. The van der Waals surface area contributed by atoms with Crippen molar-refractivity contribution < 1.29 is 0 Å². The van der Waals surface area contributed by atoms with E-state index in [0.717, 1.165) is 17.3 Å². The Morgan fingerprint density at radius 1 is 0.421 bits per heavy atom. The molecule has 0 nitrogen and oxygen atoms in total. The summed E-state index contributed by atoms with van der Waals surface area (Å²) in [5, 5.41) is 0. The molecule has 4 rings (SSSR count). The molecular weight excluding hydrogens is 228 g/mol. The summed E-state index contributed by atoms with van der Waals surface area (Å²) < 4.78 is 0. The van der Waals surface area contributed by atoms with Crippen LogP contribution in [0, 0.1) is 29.1 Å². The molecule has 0 radical (unpaired) electrons. The lowest BCUT2D eigenvalue weighted by atomic mass is 9.65. The highest BCUT2D eigenvalue weighted by Gasteiger charge is 2.69. The third-order valence-corrected chi connectivity index (χ3v) is 7.57. The first-order valence-corrected chi connectivity index (χ1v) is 9.44. The Labute approximate surface area is 119 Å². The predicted octanol–water partition coefficient (Wildman–Crippen LogP) is 5.95. The second-order valence-electron chi connectivity index (χ2n) is 8.17. The van der Waals surface area contributed by atoms with Crippen LogP contribution in [-0.2, 0) is 0 Å². The molecule has 0 bridgehead atoms. The predicted molar refractivity (Wildman–Crippen MR) is 81.0 cm³/mol. The summed E-state index contributed by atoms with van der Waals surface area (Å²) in [5.74, 6) is 4.68. The molecule has 2 atom stereocenters. The molecule has 0 heterocycles. The molecule has 0 aromatic carbocycles. The molecule has 0 spiro atoms. The van der Waals surface area contributed by atoms with Gasteiger partial charge in [-0.25, -0.2) is 0 Å². The molecule has 0 aliphatic heterocycles. The van der Waals surface area contributed by atoms with E-state index in [4.69, 9.17) is 0 Å². The van der Waals surface area contributed by atoms with Crippen molar-refractivity contribution in [1.82, 2.24) is 0 Å². The molecule has 0 heteroatoms.